The Morgan fingerprint density at radius 3 is 2.56 bits per heavy atom. The molecule has 1 heterocycles. The number of primary amides is 1. The minimum absolute atomic E-state index is 0.263. The molecule has 1 aliphatic heterocycles. The van der Waals surface area contributed by atoms with Crippen LogP contribution in [0.1, 0.15) is 34.1 Å². The Morgan fingerprint density at radius 1 is 1.56 bits per heavy atom. The maximum absolute atomic E-state index is 11.5. The number of nitrogens with two attached hydrogens (primary N) is 1. The average molecular weight is 227 g/mol. The molecule has 94 valence electrons. The molecule has 1 rings (SSSR count). The van der Waals surface area contributed by atoms with Crippen molar-refractivity contribution >= 4 is 5.91 Å². The molecule has 0 saturated carbocycles. The van der Waals surface area contributed by atoms with Crippen LogP contribution in [0, 0.1) is 5.92 Å². The van der Waals surface area contributed by atoms with Crippen molar-refractivity contribution in [3.8, 4) is 0 Å². The van der Waals surface area contributed by atoms with Crippen LogP contribution in [-0.4, -0.2) is 42.0 Å². The number of carbonyl (C=O) groups excluding carboxylic acids is 1. The first-order valence-corrected chi connectivity index (χ1v) is 6.18. The van der Waals surface area contributed by atoms with Crippen LogP contribution in [0.5, 0.6) is 0 Å². The number of nitrogens with one attached hydrogen (secondary N) is 1. The second-order valence-electron chi connectivity index (χ2n) is 5.35. The fourth-order valence-electron chi connectivity index (χ4n) is 2.62. The molecule has 4 nitrogen and oxygen atoms in total. The van der Waals surface area contributed by atoms with Crippen molar-refractivity contribution in [3.63, 3.8) is 0 Å². The molecule has 0 aromatic rings. The van der Waals surface area contributed by atoms with Gasteiger partial charge < -0.3 is 11.1 Å². The first-order chi connectivity index (χ1) is 7.39. The molecule has 3 atom stereocenters. The van der Waals surface area contributed by atoms with Gasteiger partial charge >= 0.3 is 0 Å². The van der Waals surface area contributed by atoms with Crippen LogP contribution in [0.25, 0.3) is 0 Å². The zero-order chi connectivity index (χ0) is 12.3. The third-order valence-corrected chi connectivity index (χ3v) is 3.54. The summed E-state index contributed by atoms with van der Waals surface area (Å²) >= 11 is 0. The smallest absolute Gasteiger partial charge is 0.238 e. The first-order valence-electron chi connectivity index (χ1n) is 6.18. The molecule has 1 amide bonds. The monoisotopic (exact) mass is 227 g/mol. The molecule has 1 aliphatic rings. The molecule has 16 heavy (non-hydrogen) atoms. The zero-order valence-corrected chi connectivity index (χ0v) is 10.9. The minimum Gasteiger partial charge on any atom is -0.368 e. The number of nitrogens with zero attached hydrogens (tertiary/aromatic N) is 1. The van der Waals surface area contributed by atoms with Crippen LogP contribution < -0.4 is 11.1 Å². The van der Waals surface area contributed by atoms with E-state index in [0.29, 0.717) is 18.5 Å². The summed E-state index contributed by atoms with van der Waals surface area (Å²) in [5.41, 5.74) is 4.88. The first kappa shape index (κ1) is 13.5. The van der Waals surface area contributed by atoms with Crippen LogP contribution in [0.3, 0.4) is 0 Å². The highest BCUT2D eigenvalue weighted by molar-refractivity contribution is 5.84. The molecule has 4 heteroatoms. The average Bonchev–Trinajstić information content (AvgIpc) is 2.45. The van der Waals surface area contributed by atoms with E-state index in [9.17, 15) is 4.79 Å². The molecule has 0 aromatic heterocycles. The molecule has 0 aliphatic carbocycles. The van der Waals surface area contributed by atoms with Crippen LogP contribution in [0.15, 0.2) is 0 Å². The third-order valence-electron chi connectivity index (χ3n) is 3.54. The molecular formula is C12H25N3O. The predicted molar refractivity (Wildman–Crippen MR) is 66.1 cm³/mol. The van der Waals surface area contributed by atoms with Gasteiger partial charge in [-0.1, -0.05) is 13.8 Å². The van der Waals surface area contributed by atoms with E-state index in [4.69, 9.17) is 5.73 Å². The second kappa shape index (κ2) is 5.15. The maximum Gasteiger partial charge on any atom is 0.238 e. The van der Waals surface area contributed by atoms with Gasteiger partial charge in [0.25, 0.3) is 0 Å². The number of rotatable bonds is 5. The largest absolute Gasteiger partial charge is 0.368 e. The van der Waals surface area contributed by atoms with Crippen molar-refractivity contribution in [1.82, 2.24) is 10.2 Å². The maximum atomic E-state index is 11.5. The van der Waals surface area contributed by atoms with Gasteiger partial charge in [0.2, 0.25) is 5.91 Å². The molecule has 1 fully saturated rings. The number of likely N-dealkylation sites (tertiary alicyclic amines) is 1. The van der Waals surface area contributed by atoms with Crippen LogP contribution in [0.4, 0.5) is 0 Å². The van der Waals surface area contributed by atoms with Gasteiger partial charge in [0.15, 0.2) is 0 Å². The predicted octanol–water partition coefficient (Wildman–Crippen LogP) is 0.570. The van der Waals surface area contributed by atoms with Crippen molar-refractivity contribution in [2.45, 2.75) is 45.7 Å². The van der Waals surface area contributed by atoms with Gasteiger partial charge in [0, 0.05) is 19.1 Å². The fourth-order valence-corrected chi connectivity index (χ4v) is 2.62. The lowest BCUT2D eigenvalue weighted by Gasteiger charge is -2.33. The Hall–Kier alpha value is -0.610. The highest BCUT2D eigenvalue weighted by atomic mass is 16.1. The molecule has 0 aromatic carbocycles. The lowest BCUT2D eigenvalue weighted by Crippen LogP contribution is -2.60. The molecule has 3 N–H and O–H groups in total. The highest BCUT2D eigenvalue weighted by Crippen LogP contribution is 2.24. The zero-order valence-electron chi connectivity index (χ0n) is 10.9. The van der Waals surface area contributed by atoms with Gasteiger partial charge in [-0.05, 0) is 32.7 Å². The number of carbonyl (C=O) groups is 1. The number of hydrogen-bond acceptors (Lipinski definition) is 3. The normalized spacial score (nSPS) is 30.2. The van der Waals surface area contributed by atoms with E-state index in [-0.39, 0.29) is 5.91 Å². The van der Waals surface area contributed by atoms with Crippen molar-refractivity contribution in [1.29, 1.82) is 0 Å². The molecule has 1 saturated heterocycles. The van der Waals surface area contributed by atoms with Crippen LogP contribution in [0.2, 0.25) is 0 Å². The van der Waals surface area contributed by atoms with E-state index in [1.165, 1.54) is 6.42 Å². The molecule has 0 bridgehead atoms. The Balaban J connectivity index is 2.65. The van der Waals surface area contributed by atoms with Gasteiger partial charge in [-0.25, -0.2) is 0 Å². The summed E-state index contributed by atoms with van der Waals surface area (Å²) in [6.45, 7) is 10.9. The third kappa shape index (κ3) is 2.95. The Kier molecular flexibility index (Phi) is 4.33. The van der Waals surface area contributed by atoms with Gasteiger partial charge in [0.1, 0.15) is 5.54 Å². The van der Waals surface area contributed by atoms with E-state index in [1.54, 1.807) is 0 Å². The van der Waals surface area contributed by atoms with Crippen molar-refractivity contribution in [2.75, 3.05) is 19.6 Å². The summed E-state index contributed by atoms with van der Waals surface area (Å²) in [6, 6.07) is 0.548. The van der Waals surface area contributed by atoms with Crippen molar-refractivity contribution in [2.24, 2.45) is 11.7 Å². The summed E-state index contributed by atoms with van der Waals surface area (Å²) in [4.78, 5) is 13.9. The Labute approximate surface area is 98.6 Å². The summed E-state index contributed by atoms with van der Waals surface area (Å²) in [6.07, 6.45) is 1.21. The van der Waals surface area contributed by atoms with Crippen molar-refractivity contribution < 1.29 is 4.79 Å². The quantitative estimate of drug-likeness (QED) is 0.722. The highest BCUT2D eigenvalue weighted by Gasteiger charge is 2.36. The van der Waals surface area contributed by atoms with E-state index in [0.717, 1.165) is 13.1 Å². The van der Waals surface area contributed by atoms with Gasteiger partial charge in [0.05, 0.1) is 0 Å². The van der Waals surface area contributed by atoms with Gasteiger partial charge in [-0.3, -0.25) is 9.69 Å². The Bertz CT molecular complexity index is 257. The van der Waals surface area contributed by atoms with Gasteiger partial charge in [-0.15, -0.1) is 0 Å². The molecular weight excluding hydrogens is 202 g/mol. The summed E-state index contributed by atoms with van der Waals surface area (Å²) in [7, 11) is 0. The number of hydrogen-bond donors (Lipinski definition) is 2. The number of likely N-dealkylation sites (N-methyl/N-ethyl adjacent to an activating group) is 1. The summed E-state index contributed by atoms with van der Waals surface area (Å²) in [5, 5.41) is 3.20. The summed E-state index contributed by atoms with van der Waals surface area (Å²) in [5.74, 6) is 0.454. The van der Waals surface area contributed by atoms with E-state index in [2.05, 4.69) is 24.1 Å². The molecule has 0 radical (unpaired) electrons. The summed E-state index contributed by atoms with van der Waals surface area (Å²) < 4.78 is 0. The Morgan fingerprint density at radius 2 is 2.19 bits per heavy atom. The second-order valence-corrected chi connectivity index (χ2v) is 5.35. The molecule has 3 unspecified atom stereocenters. The van der Waals surface area contributed by atoms with E-state index in [1.807, 2.05) is 13.8 Å². The van der Waals surface area contributed by atoms with Gasteiger partial charge in [-0.2, -0.15) is 0 Å². The van der Waals surface area contributed by atoms with E-state index < -0.39 is 5.54 Å². The topological polar surface area (TPSA) is 58.4 Å². The number of amides is 1. The minimum atomic E-state index is -0.604. The molecule has 0 spiro atoms. The fraction of sp³-hybridized carbons (Fsp3) is 0.917. The van der Waals surface area contributed by atoms with Crippen LogP contribution in [-0.2, 0) is 4.79 Å². The van der Waals surface area contributed by atoms with Crippen molar-refractivity contribution in [3.05, 3.63) is 0 Å². The van der Waals surface area contributed by atoms with E-state index >= 15 is 0 Å². The standard InChI is InChI=1S/C12H25N3O/c1-5-14-12(4,11(13)16)8-15-7-9(2)6-10(15)3/h9-10,14H,5-8H2,1-4H3,(H2,13,16). The lowest BCUT2D eigenvalue weighted by atomic mass is 10.0. The van der Waals surface area contributed by atoms with Crippen LogP contribution >= 0.6 is 0 Å². The lowest BCUT2D eigenvalue weighted by molar-refractivity contribution is -0.124. The SMILES string of the molecule is CCNC(C)(CN1CC(C)CC1C)C(N)=O.